The van der Waals surface area contributed by atoms with Gasteiger partial charge in [0.05, 0.1) is 23.8 Å². The lowest BCUT2D eigenvalue weighted by atomic mass is 10.2. The zero-order valence-electron chi connectivity index (χ0n) is 11.1. The third-order valence-electron chi connectivity index (χ3n) is 2.61. The van der Waals surface area contributed by atoms with Gasteiger partial charge in [-0.15, -0.1) is 0 Å². The summed E-state index contributed by atoms with van der Waals surface area (Å²) in [6.45, 7) is 3.75. The minimum atomic E-state index is -0.302. The summed E-state index contributed by atoms with van der Waals surface area (Å²) in [5.41, 5.74) is 2.62. The standard InChI is InChI=1S/C13H15N5O/c1-8-4-5-10(9(2)17-8)18-13(19)11-6-16-12(14-3)7-15-11/h4-7H,1-3H3,(H,14,16)(H,18,19). The largest absolute Gasteiger partial charge is 0.372 e. The summed E-state index contributed by atoms with van der Waals surface area (Å²) in [5.74, 6) is 0.314. The van der Waals surface area contributed by atoms with Gasteiger partial charge >= 0.3 is 0 Å². The number of carbonyl (C=O) groups excluding carboxylic acids is 1. The van der Waals surface area contributed by atoms with Crippen molar-refractivity contribution >= 4 is 17.4 Å². The molecule has 0 fully saturated rings. The predicted molar refractivity (Wildman–Crippen MR) is 73.2 cm³/mol. The smallest absolute Gasteiger partial charge is 0.275 e. The summed E-state index contributed by atoms with van der Waals surface area (Å²) in [6, 6.07) is 3.67. The Balaban J connectivity index is 2.15. The quantitative estimate of drug-likeness (QED) is 0.876. The highest BCUT2D eigenvalue weighted by Gasteiger charge is 2.10. The van der Waals surface area contributed by atoms with E-state index in [2.05, 4.69) is 25.6 Å². The topological polar surface area (TPSA) is 79.8 Å². The molecule has 0 unspecified atom stereocenters. The third kappa shape index (κ3) is 3.04. The number of aryl methyl sites for hydroxylation is 2. The van der Waals surface area contributed by atoms with Gasteiger partial charge in [0.25, 0.3) is 5.91 Å². The zero-order chi connectivity index (χ0) is 13.8. The molecule has 0 aromatic carbocycles. The van der Waals surface area contributed by atoms with Gasteiger partial charge in [0.1, 0.15) is 11.5 Å². The van der Waals surface area contributed by atoms with Gasteiger partial charge in [-0.2, -0.15) is 0 Å². The Labute approximate surface area is 111 Å². The molecule has 0 spiro atoms. The fraction of sp³-hybridized carbons (Fsp3) is 0.231. The normalized spacial score (nSPS) is 10.1. The first kappa shape index (κ1) is 12.9. The molecule has 2 aromatic heterocycles. The molecule has 0 saturated heterocycles. The molecule has 2 N–H and O–H groups in total. The average molecular weight is 257 g/mol. The van der Waals surface area contributed by atoms with E-state index in [9.17, 15) is 4.79 Å². The van der Waals surface area contributed by atoms with Gasteiger partial charge in [-0.1, -0.05) is 0 Å². The summed E-state index contributed by atoms with van der Waals surface area (Å²) >= 11 is 0. The molecule has 0 aliphatic rings. The van der Waals surface area contributed by atoms with Crippen molar-refractivity contribution in [2.24, 2.45) is 0 Å². The van der Waals surface area contributed by atoms with E-state index in [0.717, 1.165) is 11.4 Å². The Hall–Kier alpha value is -2.50. The molecule has 1 amide bonds. The van der Waals surface area contributed by atoms with E-state index in [1.807, 2.05) is 26.0 Å². The van der Waals surface area contributed by atoms with E-state index in [4.69, 9.17) is 0 Å². The first-order chi connectivity index (χ1) is 9.10. The van der Waals surface area contributed by atoms with Gasteiger partial charge in [0.2, 0.25) is 0 Å². The number of nitrogens with zero attached hydrogens (tertiary/aromatic N) is 3. The Bertz CT molecular complexity index is 594. The highest BCUT2D eigenvalue weighted by atomic mass is 16.1. The van der Waals surface area contributed by atoms with Gasteiger partial charge < -0.3 is 10.6 Å². The van der Waals surface area contributed by atoms with Crippen LogP contribution < -0.4 is 10.6 Å². The lowest BCUT2D eigenvalue weighted by molar-refractivity contribution is 0.102. The van der Waals surface area contributed by atoms with Crippen molar-refractivity contribution in [2.75, 3.05) is 17.7 Å². The molecule has 0 radical (unpaired) electrons. The third-order valence-corrected chi connectivity index (χ3v) is 2.61. The van der Waals surface area contributed by atoms with E-state index in [1.165, 1.54) is 12.4 Å². The first-order valence-corrected chi connectivity index (χ1v) is 5.85. The van der Waals surface area contributed by atoms with E-state index in [0.29, 0.717) is 11.5 Å². The number of rotatable bonds is 3. The van der Waals surface area contributed by atoms with Crippen LogP contribution in [0.1, 0.15) is 21.9 Å². The summed E-state index contributed by atoms with van der Waals surface area (Å²) in [5, 5.41) is 5.61. The maximum absolute atomic E-state index is 12.0. The van der Waals surface area contributed by atoms with Crippen LogP contribution >= 0.6 is 0 Å². The summed E-state index contributed by atoms with van der Waals surface area (Å²) < 4.78 is 0. The van der Waals surface area contributed by atoms with Crippen molar-refractivity contribution < 1.29 is 4.79 Å². The Kier molecular flexibility index (Phi) is 3.70. The van der Waals surface area contributed by atoms with Crippen molar-refractivity contribution in [1.29, 1.82) is 0 Å². The predicted octanol–water partition coefficient (Wildman–Crippen LogP) is 1.78. The molecular weight excluding hydrogens is 242 g/mol. The number of carbonyl (C=O) groups is 1. The second-order valence-corrected chi connectivity index (χ2v) is 4.08. The van der Waals surface area contributed by atoms with Crippen LogP contribution in [0.3, 0.4) is 0 Å². The lowest BCUT2D eigenvalue weighted by Crippen LogP contribution is -2.15. The molecule has 0 atom stereocenters. The van der Waals surface area contributed by atoms with Crippen LogP contribution in [0.5, 0.6) is 0 Å². The zero-order valence-corrected chi connectivity index (χ0v) is 11.1. The van der Waals surface area contributed by atoms with Crippen molar-refractivity contribution in [3.63, 3.8) is 0 Å². The van der Waals surface area contributed by atoms with Crippen molar-refractivity contribution in [2.45, 2.75) is 13.8 Å². The number of nitrogens with one attached hydrogen (secondary N) is 2. The molecule has 19 heavy (non-hydrogen) atoms. The molecular formula is C13H15N5O. The van der Waals surface area contributed by atoms with Gasteiger partial charge in [-0.05, 0) is 26.0 Å². The van der Waals surface area contributed by atoms with Gasteiger partial charge in [-0.25, -0.2) is 9.97 Å². The molecule has 2 heterocycles. The minimum Gasteiger partial charge on any atom is -0.372 e. The highest BCUT2D eigenvalue weighted by Crippen LogP contribution is 2.13. The van der Waals surface area contributed by atoms with Crippen molar-refractivity contribution in [3.8, 4) is 0 Å². The SMILES string of the molecule is CNc1cnc(C(=O)Nc2ccc(C)nc2C)cn1. The number of pyridine rings is 1. The fourth-order valence-corrected chi connectivity index (χ4v) is 1.58. The molecule has 2 rings (SSSR count). The van der Waals surface area contributed by atoms with E-state index >= 15 is 0 Å². The molecule has 0 bridgehead atoms. The molecule has 98 valence electrons. The highest BCUT2D eigenvalue weighted by molar-refractivity contribution is 6.02. The fourth-order valence-electron chi connectivity index (χ4n) is 1.58. The molecule has 0 aliphatic heterocycles. The summed E-state index contributed by atoms with van der Waals surface area (Å²) in [4.78, 5) is 24.4. The maximum atomic E-state index is 12.0. The number of hydrogen-bond donors (Lipinski definition) is 2. The Morgan fingerprint density at radius 3 is 2.53 bits per heavy atom. The van der Waals surface area contributed by atoms with Crippen LogP contribution in [0, 0.1) is 13.8 Å². The molecule has 0 aliphatic carbocycles. The second-order valence-electron chi connectivity index (χ2n) is 4.08. The molecule has 2 aromatic rings. The van der Waals surface area contributed by atoms with Gasteiger partial charge in [-0.3, -0.25) is 9.78 Å². The molecule has 6 heteroatoms. The Morgan fingerprint density at radius 2 is 1.95 bits per heavy atom. The summed E-state index contributed by atoms with van der Waals surface area (Å²) in [7, 11) is 1.74. The van der Waals surface area contributed by atoms with E-state index < -0.39 is 0 Å². The van der Waals surface area contributed by atoms with Crippen LogP contribution in [-0.2, 0) is 0 Å². The average Bonchev–Trinajstić information content (AvgIpc) is 2.42. The summed E-state index contributed by atoms with van der Waals surface area (Å²) in [6.07, 6.45) is 2.94. The maximum Gasteiger partial charge on any atom is 0.275 e. The minimum absolute atomic E-state index is 0.263. The van der Waals surface area contributed by atoms with Gasteiger partial charge in [0.15, 0.2) is 0 Å². The van der Waals surface area contributed by atoms with Crippen LogP contribution in [0.15, 0.2) is 24.5 Å². The van der Waals surface area contributed by atoms with Crippen LogP contribution in [-0.4, -0.2) is 27.9 Å². The number of amides is 1. The lowest BCUT2D eigenvalue weighted by Gasteiger charge is -2.08. The van der Waals surface area contributed by atoms with Crippen LogP contribution in [0.4, 0.5) is 11.5 Å². The monoisotopic (exact) mass is 257 g/mol. The Morgan fingerprint density at radius 1 is 1.16 bits per heavy atom. The second kappa shape index (κ2) is 5.43. The van der Waals surface area contributed by atoms with Gasteiger partial charge in [0, 0.05) is 12.7 Å². The van der Waals surface area contributed by atoms with E-state index in [-0.39, 0.29) is 11.6 Å². The first-order valence-electron chi connectivity index (χ1n) is 5.85. The molecule has 6 nitrogen and oxygen atoms in total. The number of anilines is 2. The van der Waals surface area contributed by atoms with Crippen LogP contribution in [0.25, 0.3) is 0 Å². The number of aromatic nitrogens is 3. The molecule has 0 saturated carbocycles. The van der Waals surface area contributed by atoms with Crippen LogP contribution in [0.2, 0.25) is 0 Å². The number of hydrogen-bond acceptors (Lipinski definition) is 5. The van der Waals surface area contributed by atoms with Crippen molar-refractivity contribution in [3.05, 3.63) is 41.6 Å². The van der Waals surface area contributed by atoms with E-state index in [1.54, 1.807) is 7.05 Å². The van der Waals surface area contributed by atoms with Crippen molar-refractivity contribution in [1.82, 2.24) is 15.0 Å².